The second-order valence-electron chi connectivity index (χ2n) is 2.23. The van der Waals surface area contributed by atoms with Gasteiger partial charge in [0.05, 0.1) is 6.61 Å². The van der Waals surface area contributed by atoms with Crippen LogP contribution in [0.4, 0.5) is 0 Å². The third kappa shape index (κ3) is 1.99. The Morgan fingerprint density at radius 2 is 2.11 bits per heavy atom. The molecule has 0 saturated heterocycles. The Morgan fingerprint density at radius 1 is 1.67 bits per heavy atom. The molecule has 1 N–H and O–H groups in total. The molecule has 1 aliphatic carbocycles. The zero-order valence-electron chi connectivity index (χ0n) is 5.39. The van der Waals surface area contributed by atoms with Gasteiger partial charge in [-0.2, -0.15) is 0 Å². The summed E-state index contributed by atoms with van der Waals surface area (Å²) in [6, 6.07) is 0. The van der Waals surface area contributed by atoms with Crippen LogP contribution in [0.3, 0.4) is 0 Å². The second-order valence-corrected chi connectivity index (χ2v) is 2.23. The van der Waals surface area contributed by atoms with Crippen LogP contribution in [-0.4, -0.2) is 17.7 Å². The molecule has 3 nitrogen and oxygen atoms in total. The van der Waals surface area contributed by atoms with E-state index >= 15 is 0 Å². The number of carboxylic acids is 1. The van der Waals surface area contributed by atoms with Crippen LogP contribution in [-0.2, 0) is 4.79 Å². The van der Waals surface area contributed by atoms with E-state index in [1.54, 1.807) is 0 Å². The van der Waals surface area contributed by atoms with Crippen LogP contribution in [0.25, 0.3) is 0 Å². The van der Waals surface area contributed by atoms with Crippen molar-refractivity contribution in [3.8, 4) is 0 Å². The van der Waals surface area contributed by atoms with Gasteiger partial charge in [0.1, 0.15) is 0 Å². The summed E-state index contributed by atoms with van der Waals surface area (Å²) in [5.74, 6) is -1.11. The predicted octanol–water partition coefficient (Wildman–Crippen LogP) is -4.49. The average molecular weight is 154 g/mol. The quantitative estimate of drug-likeness (QED) is 0.408. The standard InChI is InChI=1S/C5H8O3.K/c6-3-5(1-2-5)4(7)8;/h6H,1-3H2,(H,7,8);/q;+1/p-1. The van der Waals surface area contributed by atoms with Gasteiger partial charge in [-0.25, -0.2) is 0 Å². The van der Waals surface area contributed by atoms with Gasteiger partial charge in [0.15, 0.2) is 0 Å². The molecule has 0 aliphatic heterocycles. The summed E-state index contributed by atoms with van der Waals surface area (Å²) in [6.07, 6.45) is 1.15. The first-order chi connectivity index (χ1) is 3.71. The maximum Gasteiger partial charge on any atom is 1.00 e. The van der Waals surface area contributed by atoms with E-state index in [0.29, 0.717) is 12.8 Å². The number of hydrogen-bond donors (Lipinski definition) is 1. The normalized spacial score (nSPS) is 20.1. The summed E-state index contributed by atoms with van der Waals surface area (Å²) >= 11 is 0. The number of aliphatic hydroxyl groups excluding tert-OH is 1. The first-order valence-corrected chi connectivity index (χ1v) is 2.54. The summed E-state index contributed by atoms with van der Waals surface area (Å²) in [4.78, 5) is 10.0. The monoisotopic (exact) mass is 154 g/mol. The molecular weight excluding hydrogens is 147 g/mol. The molecule has 0 heterocycles. The number of hydrogen-bond acceptors (Lipinski definition) is 3. The average Bonchev–Trinajstić information content (AvgIpc) is 2.44. The van der Waals surface area contributed by atoms with Gasteiger partial charge in [0.25, 0.3) is 0 Å². The van der Waals surface area contributed by atoms with Crippen molar-refractivity contribution in [1.29, 1.82) is 0 Å². The minimum absolute atomic E-state index is 0. The Morgan fingerprint density at radius 3 is 2.11 bits per heavy atom. The molecule has 0 atom stereocenters. The van der Waals surface area contributed by atoms with Crippen molar-refractivity contribution in [1.82, 2.24) is 0 Å². The van der Waals surface area contributed by atoms with Crippen molar-refractivity contribution in [2.45, 2.75) is 12.8 Å². The molecule has 0 amide bonds. The number of carbonyl (C=O) groups excluding carboxylic acids is 1. The minimum atomic E-state index is -1.11. The molecule has 4 heteroatoms. The van der Waals surface area contributed by atoms with E-state index in [-0.39, 0.29) is 58.0 Å². The SMILES string of the molecule is O=C([O-])C1(CO)CC1.[K+]. The van der Waals surface area contributed by atoms with Gasteiger partial charge in [-0.1, -0.05) is 0 Å². The Kier molecular flexibility index (Phi) is 3.86. The Labute approximate surface area is 95.9 Å². The summed E-state index contributed by atoms with van der Waals surface area (Å²) in [5, 5.41) is 18.4. The second kappa shape index (κ2) is 3.46. The molecule has 1 saturated carbocycles. The van der Waals surface area contributed by atoms with Crippen LogP contribution in [0.15, 0.2) is 0 Å². The fourth-order valence-electron chi connectivity index (χ4n) is 0.578. The van der Waals surface area contributed by atoms with Gasteiger partial charge in [-0.05, 0) is 12.8 Å². The third-order valence-corrected chi connectivity index (χ3v) is 1.59. The molecule has 0 radical (unpaired) electrons. The minimum Gasteiger partial charge on any atom is -0.549 e. The fraction of sp³-hybridized carbons (Fsp3) is 0.800. The summed E-state index contributed by atoms with van der Waals surface area (Å²) in [5.41, 5.74) is -0.847. The largest absolute Gasteiger partial charge is 1.00 e. The van der Waals surface area contributed by atoms with E-state index in [4.69, 9.17) is 5.11 Å². The molecule has 0 spiro atoms. The molecule has 1 rings (SSSR count). The predicted molar refractivity (Wildman–Crippen MR) is 23.8 cm³/mol. The van der Waals surface area contributed by atoms with E-state index < -0.39 is 11.4 Å². The van der Waals surface area contributed by atoms with Crippen molar-refractivity contribution in [2.75, 3.05) is 6.61 Å². The van der Waals surface area contributed by atoms with Gasteiger partial charge in [-0.15, -0.1) is 0 Å². The zero-order valence-corrected chi connectivity index (χ0v) is 8.51. The van der Waals surface area contributed by atoms with E-state index in [1.165, 1.54) is 0 Å². The Balaban J connectivity index is 0.000000640. The Bertz CT molecular complexity index is 119. The van der Waals surface area contributed by atoms with E-state index in [2.05, 4.69) is 0 Å². The molecule has 0 unspecified atom stereocenters. The number of carbonyl (C=O) groups is 1. The van der Waals surface area contributed by atoms with Gasteiger partial charge in [-0.3, -0.25) is 0 Å². The number of aliphatic hydroxyl groups is 1. The van der Waals surface area contributed by atoms with Crippen LogP contribution in [0, 0.1) is 5.41 Å². The molecule has 1 fully saturated rings. The first kappa shape index (κ1) is 10.1. The zero-order chi connectivity index (χ0) is 6.20. The number of rotatable bonds is 2. The fourth-order valence-corrected chi connectivity index (χ4v) is 0.578. The third-order valence-electron chi connectivity index (χ3n) is 1.59. The topological polar surface area (TPSA) is 60.4 Å². The van der Waals surface area contributed by atoms with Crippen LogP contribution >= 0.6 is 0 Å². The molecule has 0 bridgehead atoms. The summed E-state index contributed by atoms with van der Waals surface area (Å²) in [7, 11) is 0. The molecule has 1 aliphatic rings. The Hall–Kier alpha value is 1.07. The van der Waals surface area contributed by atoms with Crippen LogP contribution in [0.1, 0.15) is 12.8 Å². The van der Waals surface area contributed by atoms with Crippen molar-refractivity contribution >= 4 is 5.97 Å². The molecule has 46 valence electrons. The number of aliphatic carboxylic acids is 1. The summed E-state index contributed by atoms with van der Waals surface area (Å²) < 4.78 is 0. The van der Waals surface area contributed by atoms with Crippen LogP contribution < -0.4 is 56.5 Å². The van der Waals surface area contributed by atoms with Gasteiger partial charge in [0, 0.05) is 11.4 Å². The van der Waals surface area contributed by atoms with Gasteiger partial charge < -0.3 is 15.0 Å². The molecular formula is C5H7KO3. The van der Waals surface area contributed by atoms with Crippen LogP contribution in [0.2, 0.25) is 0 Å². The van der Waals surface area contributed by atoms with Gasteiger partial charge >= 0.3 is 51.4 Å². The maximum atomic E-state index is 10.0. The molecule has 9 heavy (non-hydrogen) atoms. The van der Waals surface area contributed by atoms with Crippen molar-refractivity contribution < 1.29 is 66.4 Å². The number of carboxylic acid groups (broad SMARTS) is 1. The first-order valence-electron chi connectivity index (χ1n) is 2.54. The van der Waals surface area contributed by atoms with Crippen molar-refractivity contribution in [3.05, 3.63) is 0 Å². The molecule has 0 aromatic carbocycles. The maximum absolute atomic E-state index is 10.0. The van der Waals surface area contributed by atoms with E-state index in [0.717, 1.165) is 0 Å². The van der Waals surface area contributed by atoms with E-state index in [1.807, 2.05) is 0 Å². The summed E-state index contributed by atoms with van der Waals surface area (Å²) in [6.45, 7) is -0.269. The van der Waals surface area contributed by atoms with Crippen molar-refractivity contribution in [2.24, 2.45) is 5.41 Å². The molecule has 0 aromatic heterocycles. The smallest absolute Gasteiger partial charge is 0.549 e. The van der Waals surface area contributed by atoms with Gasteiger partial charge in [0.2, 0.25) is 0 Å². The molecule has 0 aromatic rings. The van der Waals surface area contributed by atoms with Crippen molar-refractivity contribution in [3.63, 3.8) is 0 Å². The van der Waals surface area contributed by atoms with Crippen LogP contribution in [0.5, 0.6) is 0 Å². The van der Waals surface area contributed by atoms with E-state index in [9.17, 15) is 9.90 Å².